The molecule has 1 rings (SSSR count). The normalized spacial score (nSPS) is 13.2. The van der Waals surface area contributed by atoms with Crippen LogP contribution in [-0.2, 0) is 0 Å². The van der Waals surface area contributed by atoms with Gasteiger partial charge in [0.2, 0.25) is 0 Å². The predicted octanol–water partition coefficient (Wildman–Crippen LogP) is 3.27. The summed E-state index contributed by atoms with van der Waals surface area (Å²) >= 11 is 11.9. The molecule has 1 atom stereocenters. The number of rotatable bonds is 3. The summed E-state index contributed by atoms with van der Waals surface area (Å²) in [6.45, 7) is 4.82. The lowest BCUT2D eigenvalue weighted by Gasteiger charge is -2.20. The van der Waals surface area contributed by atoms with Crippen molar-refractivity contribution in [3.05, 3.63) is 27.7 Å². The molecule has 0 aliphatic rings. The van der Waals surface area contributed by atoms with Crippen LogP contribution in [0.3, 0.4) is 0 Å². The van der Waals surface area contributed by atoms with Gasteiger partial charge in [0.1, 0.15) is 0 Å². The summed E-state index contributed by atoms with van der Waals surface area (Å²) in [6.07, 6.45) is 0. The molecule has 4 heteroatoms. The Hall–Kier alpha value is -0.440. The van der Waals surface area contributed by atoms with Gasteiger partial charge in [-0.05, 0) is 36.1 Å². The number of hydrogen-bond acceptors (Lipinski definition) is 2. The summed E-state index contributed by atoms with van der Waals surface area (Å²) in [4.78, 5) is 0. The maximum Gasteiger partial charge on any atom is 0.0693 e. The molecule has 0 fully saturated rings. The smallest absolute Gasteiger partial charge is 0.0693 e. The van der Waals surface area contributed by atoms with Gasteiger partial charge in [0.15, 0.2) is 0 Å². The van der Waals surface area contributed by atoms with Crippen LogP contribution in [0.25, 0.3) is 0 Å². The van der Waals surface area contributed by atoms with Crippen LogP contribution < -0.4 is 11.5 Å². The maximum absolute atomic E-state index is 5.97. The summed E-state index contributed by atoms with van der Waals surface area (Å²) < 4.78 is 0. The zero-order valence-electron chi connectivity index (χ0n) is 8.93. The molecule has 0 saturated carbocycles. The number of nitrogen functional groups attached to an aromatic ring is 1. The summed E-state index contributed by atoms with van der Waals surface area (Å²) in [5.41, 5.74) is 12.9. The molecule has 15 heavy (non-hydrogen) atoms. The third-order valence-corrected chi connectivity index (χ3v) is 3.21. The second-order valence-electron chi connectivity index (χ2n) is 3.98. The average molecular weight is 247 g/mol. The minimum absolute atomic E-state index is 0.264. The van der Waals surface area contributed by atoms with E-state index in [1.807, 2.05) is 12.1 Å². The first-order valence-corrected chi connectivity index (χ1v) is 5.67. The van der Waals surface area contributed by atoms with E-state index >= 15 is 0 Å². The maximum atomic E-state index is 5.97. The molecule has 0 amide bonds. The molecule has 1 unspecified atom stereocenters. The lowest BCUT2D eigenvalue weighted by molar-refractivity contribution is 0.506. The molecule has 0 heterocycles. The first-order chi connectivity index (χ1) is 6.97. The van der Waals surface area contributed by atoms with E-state index in [-0.39, 0.29) is 5.92 Å². The van der Waals surface area contributed by atoms with E-state index in [9.17, 15) is 0 Å². The molecule has 0 aliphatic carbocycles. The van der Waals surface area contributed by atoms with Crippen molar-refractivity contribution >= 4 is 28.9 Å². The number of halogens is 2. The highest BCUT2D eigenvalue weighted by Gasteiger charge is 2.16. The molecule has 4 N–H and O–H groups in total. The Labute approximate surface area is 101 Å². The van der Waals surface area contributed by atoms with Crippen LogP contribution in [0.1, 0.15) is 25.3 Å². The van der Waals surface area contributed by atoms with E-state index in [0.717, 1.165) is 5.56 Å². The van der Waals surface area contributed by atoms with Gasteiger partial charge in [-0.1, -0.05) is 37.0 Å². The number of nitrogens with two attached hydrogens (primary N) is 2. The van der Waals surface area contributed by atoms with Gasteiger partial charge in [0.05, 0.1) is 15.7 Å². The predicted molar refractivity (Wildman–Crippen MR) is 67.5 cm³/mol. The minimum atomic E-state index is 0.264. The van der Waals surface area contributed by atoms with Crippen molar-refractivity contribution in [1.29, 1.82) is 0 Å². The minimum Gasteiger partial charge on any atom is -0.396 e. The van der Waals surface area contributed by atoms with Gasteiger partial charge in [0.25, 0.3) is 0 Å². The summed E-state index contributed by atoms with van der Waals surface area (Å²) in [7, 11) is 0. The Balaban J connectivity index is 3.14. The highest BCUT2D eigenvalue weighted by molar-refractivity contribution is 6.38. The van der Waals surface area contributed by atoms with E-state index in [1.165, 1.54) is 0 Å². The monoisotopic (exact) mass is 246 g/mol. The second kappa shape index (κ2) is 5.06. The fourth-order valence-electron chi connectivity index (χ4n) is 1.61. The van der Waals surface area contributed by atoms with Crippen molar-refractivity contribution < 1.29 is 0 Å². The topological polar surface area (TPSA) is 52.0 Å². The Morgan fingerprint density at radius 3 is 2.00 bits per heavy atom. The van der Waals surface area contributed by atoms with Crippen LogP contribution >= 0.6 is 23.2 Å². The Kier molecular flexibility index (Phi) is 4.26. The molecule has 0 radical (unpaired) electrons. The number of hydrogen-bond donors (Lipinski definition) is 2. The van der Waals surface area contributed by atoms with Crippen LogP contribution in [0.4, 0.5) is 5.69 Å². The molecule has 0 aliphatic heterocycles. The molecule has 0 saturated heterocycles. The molecule has 0 bridgehead atoms. The SMILES string of the molecule is CC(C)C(CN)c1cc(Cl)c(N)c(Cl)c1. The van der Waals surface area contributed by atoms with Gasteiger partial charge in [0, 0.05) is 0 Å². The van der Waals surface area contributed by atoms with Gasteiger partial charge in [-0.15, -0.1) is 0 Å². The van der Waals surface area contributed by atoms with Gasteiger partial charge in [-0.3, -0.25) is 0 Å². The van der Waals surface area contributed by atoms with Crippen molar-refractivity contribution in [2.45, 2.75) is 19.8 Å². The third-order valence-electron chi connectivity index (χ3n) is 2.59. The molecule has 2 nitrogen and oxygen atoms in total. The number of anilines is 1. The van der Waals surface area contributed by atoms with E-state index in [4.69, 9.17) is 34.7 Å². The molecule has 84 valence electrons. The standard InChI is InChI=1S/C11H16Cl2N2/c1-6(2)8(5-14)7-3-9(12)11(15)10(13)4-7/h3-4,6,8H,5,14-15H2,1-2H3. The lowest BCUT2D eigenvalue weighted by atomic mass is 9.88. The fourth-order valence-corrected chi connectivity index (χ4v) is 2.12. The summed E-state index contributed by atoms with van der Waals surface area (Å²) in [6, 6.07) is 3.70. The van der Waals surface area contributed by atoms with Crippen molar-refractivity contribution in [1.82, 2.24) is 0 Å². The van der Waals surface area contributed by atoms with Gasteiger partial charge in [-0.2, -0.15) is 0 Å². The van der Waals surface area contributed by atoms with Crippen molar-refractivity contribution in [3.8, 4) is 0 Å². The average Bonchev–Trinajstić information content (AvgIpc) is 2.14. The third kappa shape index (κ3) is 2.77. The fraction of sp³-hybridized carbons (Fsp3) is 0.455. The van der Waals surface area contributed by atoms with E-state index in [0.29, 0.717) is 28.2 Å². The second-order valence-corrected chi connectivity index (χ2v) is 4.80. The van der Waals surface area contributed by atoms with Crippen molar-refractivity contribution in [2.75, 3.05) is 12.3 Å². The van der Waals surface area contributed by atoms with Gasteiger partial charge in [-0.25, -0.2) is 0 Å². The molecular weight excluding hydrogens is 231 g/mol. The highest BCUT2D eigenvalue weighted by atomic mass is 35.5. The molecule has 0 spiro atoms. The summed E-state index contributed by atoms with van der Waals surface area (Å²) in [5, 5.41) is 0.994. The van der Waals surface area contributed by atoms with Gasteiger partial charge < -0.3 is 11.5 Å². The van der Waals surface area contributed by atoms with Crippen LogP contribution in [0.2, 0.25) is 10.0 Å². The van der Waals surface area contributed by atoms with Crippen molar-refractivity contribution in [2.24, 2.45) is 11.7 Å². The Bertz CT molecular complexity index is 327. The van der Waals surface area contributed by atoms with E-state index in [1.54, 1.807) is 0 Å². The molecular formula is C11H16Cl2N2. The Morgan fingerprint density at radius 2 is 1.67 bits per heavy atom. The van der Waals surface area contributed by atoms with Crippen LogP contribution in [0.5, 0.6) is 0 Å². The molecule has 1 aromatic rings. The quantitative estimate of drug-likeness (QED) is 0.805. The van der Waals surface area contributed by atoms with E-state index < -0.39 is 0 Å². The van der Waals surface area contributed by atoms with Crippen LogP contribution in [0, 0.1) is 5.92 Å². The molecule has 0 aromatic heterocycles. The lowest BCUT2D eigenvalue weighted by Crippen LogP contribution is -2.17. The first-order valence-electron chi connectivity index (χ1n) is 4.91. The highest BCUT2D eigenvalue weighted by Crippen LogP contribution is 2.33. The van der Waals surface area contributed by atoms with Crippen LogP contribution in [0.15, 0.2) is 12.1 Å². The van der Waals surface area contributed by atoms with Crippen molar-refractivity contribution in [3.63, 3.8) is 0 Å². The van der Waals surface area contributed by atoms with Crippen LogP contribution in [-0.4, -0.2) is 6.54 Å². The first kappa shape index (κ1) is 12.6. The zero-order chi connectivity index (χ0) is 11.6. The largest absolute Gasteiger partial charge is 0.396 e. The van der Waals surface area contributed by atoms with E-state index in [2.05, 4.69) is 13.8 Å². The number of benzene rings is 1. The Morgan fingerprint density at radius 1 is 1.20 bits per heavy atom. The van der Waals surface area contributed by atoms with Gasteiger partial charge >= 0.3 is 0 Å². The summed E-state index contributed by atoms with van der Waals surface area (Å²) in [5.74, 6) is 0.714. The zero-order valence-corrected chi connectivity index (χ0v) is 10.4. The molecule has 1 aromatic carbocycles.